The molecule has 5 nitrogen and oxygen atoms in total. The Balaban J connectivity index is 1.28. The number of aliphatic hydroxyl groups is 2. The van der Waals surface area contributed by atoms with E-state index in [1.807, 2.05) is 19.4 Å². The summed E-state index contributed by atoms with van der Waals surface area (Å²) in [6.07, 6.45) is 12.9. The van der Waals surface area contributed by atoms with Crippen molar-refractivity contribution in [1.82, 2.24) is 10.3 Å². The standard InChI is InChI=1S/C30H36N2O3/c1-28-9-7-22-14-24-27(34)26(33)21(16-31-2)15-29(24)10-11-30(22,35-29)25(28)6-5-23(28)19-4-3-18-8-12-32-17-20(18)13-19/h3-4,7-8,12-14,17,21,23,25-27,31,33-34H,5-6,9-11,15-16H2,1-2H3/t21-,23-,25-,26-,27-,28-,29-,30-/m1/s1. The summed E-state index contributed by atoms with van der Waals surface area (Å²) in [6, 6.07) is 9.02. The summed E-state index contributed by atoms with van der Waals surface area (Å²) < 4.78 is 7.26. The maximum absolute atomic E-state index is 11.1. The van der Waals surface area contributed by atoms with Crippen molar-refractivity contribution in [2.24, 2.45) is 17.3 Å². The Labute approximate surface area is 207 Å². The van der Waals surface area contributed by atoms with Gasteiger partial charge < -0.3 is 20.3 Å². The van der Waals surface area contributed by atoms with Gasteiger partial charge in [-0.2, -0.15) is 0 Å². The van der Waals surface area contributed by atoms with Crippen molar-refractivity contribution in [3.05, 3.63) is 65.5 Å². The number of hydrogen-bond donors (Lipinski definition) is 3. The van der Waals surface area contributed by atoms with E-state index in [4.69, 9.17) is 4.74 Å². The van der Waals surface area contributed by atoms with E-state index in [-0.39, 0.29) is 16.9 Å². The lowest BCUT2D eigenvalue weighted by atomic mass is 9.58. The number of fused-ring (bicyclic) bond motifs is 2. The first kappa shape index (κ1) is 22.2. The Morgan fingerprint density at radius 3 is 2.89 bits per heavy atom. The van der Waals surface area contributed by atoms with Crippen LogP contribution in [0.5, 0.6) is 0 Å². The van der Waals surface area contributed by atoms with E-state index < -0.39 is 17.8 Å². The van der Waals surface area contributed by atoms with Crippen LogP contribution < -0.4 is 5.32 Å². The van der Waals surface area contributed by atoms with Crippen LogP contribution in [0.25, 0.3) is 10.8 Å². The van der Waals surface area contributed by atoms with Gasteiger partial charge in [0.1, 0.15) is 6.10 Å². The molecule has 184 valence electrons. The molecule has 3 fully saturated rings. The first-order chi connectivity index (χ1) is 16.9. The molecule has 2 aromatic rings. The molecular formula is C30H36N2O3. The SMILES string of the molecule is CNC[C@H]1C[C@@]23CC[C@@]4(O2)C(=CC[C@]2(C)[C@@H](c5ccc6ccncc6c5)CC[C@H]24)C=C3[C@@H](O)[C@@H]1O. The maximum Gasteiger partial charge on any atom is 0.104 e. The molecule has 3 N–H and O–H groups in total. The predicted molar refractivity (Wildman–Crippen MR) is 136 cm³/mol. The lowest BCUT2D eigenvalue weighted by Gasteiger charge is -2.55. The third kappa shape index (κ3) is 2.87. The number of benzene rings is 1. The van der Waals surface area contributed by atoms with Crippen LogP contribution in [0.15, 0.2) is 60.0 Å². The Bertz CT molecular complexity index is 1260. The first-order valence-electron chi connectivity index (χ1n) is 13.4. The van der Waals surface area contributed by atoms with Gasteiger partial charge in [-0.3, -0.25) is 4.98 Å². The van der Waals surface area contributed by atoms with E-state index in [0.29, 0.717) is 18.4 Å². The average molecular weight is 473 g/mol. The van der Waals surface area contributed by atoms with Crippen LogP contribution in [-0.4, -0.2) is 52.2 Å². The molecular weight excluding hydrogens is 436 g/mol. The smallest absolute Gasteiger partial charge is 0.104 e. The van der Waals surface area contributed by atoms with E-state index in [1.165, 1.54) is 28.3 Å². The molecule has 3 aliphatic carbocycles. The molecule has 2 aliphatic heterocycles. The fourth-order valence-electron chi connectivity index (χ4n) is 8.89. The number of ether oxygens (including phenoxy) is 1. The van der Waals surface area contributed by atoms with E-state index in [0.717, 1.165) is 37.7 Å². The summed E-state index contributed by atoms with van der Waals surface area (Å²) in [5.41, 5.74) is 3.02. The summed E-state index contributed by atoms with van der Waals surface area (Å²) >= 11 is 0. The van der Waals surface area contributed by atoms with Crippen molar-refractivity contribution in [3.8, 4) is 0 Å². The lowest BCUT2D eigenvalue weighted by molar-refractivity contribution is -0.163. The highest BCUT2D eigenvalue weighted by Gasteiger charge is 2.68. The molecule has 5 heteroatoms. The van der Waals surface area contributed by atoms with Gasteiger partial charge in [0.15, 0.2) is 0 Å². The second-order valence-electron chi connectivity index (χ2n) is 12.1. The van der Waals surface area contributed by atoms with Gasteiger partial charge in [0.05, 0.1) is 17.3 Å². The fraction of sp³-hybridized carbons (Fsp3) is 0.567. The summed E-state index contributed by atoms with van der Waals surface area (Å²) in [6.45, 7) is 3.17. The summed E-state index contributed by atoms with van der Waals surface area (Å²) in [7, 11) is 1.91. The fourth-order valence-corrected chi connectivity index (χ4v) is 8.89. The average Bonchev–Trinajstić information content (AvgIpc) is 3.38. The van der Waals surface area contributed by atoms with E-state index in [2.05, 4.69) is 53.6 Å². The molecule has 2 spiro atoms. The number of nitrogens with zero attached hydrogens (tertiary/aromatic N) is 1. The number of rotatable bonds is 3. The molecule has 0 radical (unpaired) electrons. The molecule has 1 saturated heterocycles. The molecule has 2 saturated carbocycles. The molecule has 0 amide bonds. The largest absolute Gasteiger partial charge is 0.390 e. The van der Waals surface area contributed by atoms with Crippen LogP contribution in [0.2, 0.25) is 0 Å². The van der Waals surface area contributed by atoms with Crippen molar-refractivity contribution in [1.29, 1.82) is 0 Å². The van der Waals surface area contributed by atoms with Crippen molar-refractivity contribution in [2.45, 2.75) is 74.8 Å². The second kappa shape index (κ2) is 7.48. The van der Waals surface area contributed by atoms with Crippen LogP contribution in [0, 0.1) is 17.3 Å². The van der Waals surface area contributed by atoms with Gasteiger partial charge in [-0.15, -0.1) is 0 Å². The van der Waals surface area contributed by atoms with Gasteiger partial charge in [-0.25, -0.2) is 0 Å². The number of aliphatic hydroxyl groups excluding tert-OH is 2. The van der Waals surface area contributed by atoms with E-state index in [9.17, 15) is 10.2 Å². The molecule has 7 rings (SSSR count). The number of allylic oxidation sites excluding steroid dienone is 1. The number of hydrogen-bond acceptors (Lipinski definition) is 5. The van der Waals surface area contributed by atoms with Gasteiger partial charge in [-0.05, 0) is 97.1 Å². The van der Waals surface area contributed by atoms with Gasteiger partial charge >= 0.3 is 0 Å². The van der Waals surface area contributed by atoms with Gasteiger partial charge in [0.25, 0.3) is 0 Å². The van der Waals surface area contributed by atoms with Crippen molar-refractivity contribution < 1.29 is 14.9 Å². The monoisotopic (exact) mass is 472 g/mol. The topological polar surface area (TPSA) is 74.6 Å². The normalized spacial score (nSPS) is 43.8. The van der Waals surface area contributed by atoms with Crippen molar-refractivity contribution in [3.63, 3.8) is 0 Å². The zero-order valence-electron chi connectivity index (χ0n) is 20.7. The molecule has 3 heterocycles. The molecule has 5 aliphatic rings. The lowest BCUT2D eigenvalue weighted by Crippen LogP contribution is -2.59. The third-order valence-electron chi connectivity index (χ3n) is 10.5. The van der Waals surface area contributed by atoms with Crippen LogP contribution in [-0.2, 0) is 4.74 Å². The summed E-state index contributed by atoms with van der Waals surface area (Å²) in [4.78, 5) is 4.35. The van der Waals surface area contributed by atoms with Crippen LogP contribution in [0.1, 0.15) is 56.9 Å². The minimum absolute atomic E-state index is 0.00894. The van der Waals surface area contributed by atoms with Crippen LogP contribution >= 0.6 is 0 Å². The van der Waals surface area contributed by atoms with Crippen LogP contribution in [0.3, 0.4) is 0 Å². The molecule has 1 aromatic carbocycles. The molecule has 35 heavy (non-hydrogen) atoms. The highest BCUT2D eigenvalue weighted by molar-refractivity contribution is 5.82. The third-order valence-corrected chi connectivity index (χ3v) is 10.5. The van der Waals surface area contributed by atoms with Crippen molar-refractivity contribution >= 4 is 10.8 Å². The second-order valence-corrected chi connectivity index (χ2v) is 12.1. The minimum atomic E-state index is -0.852. The number of pyridine rings is 1. The van der Waals surface area contributed by atoms with Gasteiger partial charge in [0.2, 0.25) is 0 Å². The summed E-state index contributed by atoms with van der Waals surface area (Å²) in [5.74, 6) is 0.935. The Hall–Kier alpha value is -2.05. The number of aromatic nitrogens is 1. The first-order valence-corrected chi connectivity index (χ1v) is 13.4. The Morgan fingerprint density at radius 1 is 1.14 bits per heavy atom. The van der Waals surface area contributed by atoms with Crippen LogP contribution in [0.4, 0.5) is 0 Å². The molecule has 2 bridgehead atoms. The Morgan fingerprint density at radius 2 is 2.03 bits per heavy atom. The highest BCUT2D eigenvalue weighted by atomic mass is 16.5. The van der Waals surface area contributed by atoms with Gasteiger partial charge in [0, 0.05) is 30.2 Å². The highest BCUT2D eigenvalue weighted by Crippen LogP contribution is 2.69. The van der Waals surface area contributed by atoms with Gasteiger partial charge in [-0.1, -0.05) is 31.2 Å². The predicted octanol–water partition coefficient (Wildman–Crippen LogP) is 4.25. The quantitative estimate of drug-likeness (QED) is 0.623. The summed E-state index contributed by atoms with van der Waals surface area (Å²) in [5, 5.41) is 27.6. The Kier molecular flexibility index (Phi) is 4.74. The molecule has 1 aromatic heterocycles. The zero-order valence-corrected chi connectivity index (χ0v) is 20.7. The minimum Gasteiger partial charge on any atom is -0.390 e. The van der Waals surface area contributed by atoms with Crippen molar-refractivity contribution in [2.75, 3.05) is 13.6 Å². The van der Waals surface area contributed by atoms with E-state index in [1.54, 1.807) is 0 Å². The maximum atomic E-state index is 11.1. The zero-order chi connectivity index (χ0) is 24.0. The molecule has 0 unspecified atom stereocenters. The number of nitrogens with one attached hydrogen (secondary N) is 1. The van der Waals surface area contributed by atoms with E-state index >= 15 is 0 Å². The molecule has 8 atom stereocenters.